The highest BCUT2D eigenvalue weighted by Gasteiger charge is 2.51. The number of aromatic nitrogens is 1. The lowest BCUT2D eigenvalue weighted by molar-refractivity contribution is -0.130. The van der Waals surface area contributed by atoms with Gasteiger partial charge in [-0.15, -0.1) is 0 Å². The second-order valence-electron chi connectivity index (χ2n) is 9.42. The van der Waals surface area contributed by atoms with Gasteiger partial charge >= 0.3 is 5.97 Å². The van der Waals surface area contributed by atoms with Crippen molar-refractivity contribution in [2.45, 2.75) is 65.2 Å². The molecule has 1 aromatic heterocycles. The van der Waals surface area contributed by atoms with Crippen LogP contribution in [-0.4, -0.2) is 29.9 Å². The van der Waals surface area contributed by atoms with Crippen LogP contribution in [0.4, 0.5) is 0 Å². The van der Waals surface area contributed by atoms with Gasteiger partial charge in [-0.3, -0.25) is 20.4 Å². The Bertz CT molecular complexity index is 806. The standard InChI is InChI=1S/C22H31N3O4/c1-4-16-18(21(28)29-3)12(2)19(23-16)20(27)25-24-17(26)11-22-8-13-5-14(9-22)7-15(6-13)10-22/h13-15,23H,4-11H2,1-3H3,(H,24,26)(H,25,27). The molecule has 4 aliphatic rings. The Morgan fingerprint density at radius 1 is 1.07 bits per heavy atom. The molecule has 0 aromatic carbocycles. The number of hydrogen-bond donors (Lipinski definition) is 3. The highest BCUT2D eigenvalue weighted by atomic mass is 16.5. The van der Waals surface area contributed by atoms with Gasteiger partial charge in [0.2, 0.25) is 5.91 Å². The Labute approximate surface area is 171 Å². The molecule has 29 heavy (non-hydrogen) atoms. The Hall–Kier alpha value is -2.31. The normalized spacial score (nSPS) is 29.6. The molecule has 1 aromatic rings. The molecule has 0 saturated heterocycles. The van der Waals surface area contributed by atoms with Crippen LogP contribution >= 0.6 is 0 Å². The highest BCUT2D eigenvalue weighted by Crippen LogP contribution is 2.61. The molecule has 7 nitrogen and oxygen atoms in total. The molecule has 1 heterocycles. The number of rotatable bonds is 5. The van der Waals surface area contributed by atoms with E-state index in [-0.39, 0.29) is 17.0 Å². The minimum atomic E-state index is -0.472. The maximum absolute atomic E-state index is 12.6. The summed E-state index contributed by atoms with van der Waals surface area (Å²) >= 11 is 0. The fraction of sp³-hybridized carbons (Fsp3) is 0.682. The van der Waals surface area contributed by atoms with E-state index in [4.69, 9.17) is 4.74 Å². The first-order valence-corrected chi connectivity index (χ1v) is 10.7. The first kappa shape index (κ1) is 20.0. The van der Waals surface area contributed by atoms with Gasteiger partial charge in [0.15, 0.2) is 0 Å². The van der Waals surface area contributed by atoms with Crippen molar-refractivity contribution < 1.29 is 19.1 Å². The van der Waals surface area contributed by atoms with E-state index in [1.165, 1.54) is 26.4 Å². The number of carbonyl (C=O) groups excluding carboxylic acids is 3. The van der Waals surface area contributed by atoms with Crippen molar-refractivity contribution in [3.05, 3.63) is 22.5 Å². The number of aryl methyl sites for hydroxylation is 1. The number of hydrazine groups is 1. The maximum Gasteiger partial charge on any atom is 0.339 e. The van der Waals surface area contributed by atoms with Crippen molar-refractivity contribution in [2.75, 3.05) is 7.11 Å². The molecule has 0 spiro atoms. The fourth-order valence-corrected chi connectivity index (χ4v) is 6.61. The van der Waals surface area contributed by atoms with Crippen LogP contribution in [0.5, 0.6) is 0 Å². The highest BCUT2D eigenvalue weighted by molar-refractivity contribution is 6.01. The molecule has 158 valence electrons. The monoisotopic (exact) mass is 401 g/mol. The third-order valence-corrected chi connectivity index (χ3v) is 7.31. The van der Waals surface area contributed by atoms with E-state index >= 15 is 0 Å². The van der Waals surface area contributed by atoms with Crippen LogP contribution in [0.15, 0.2) is 0 Å². The lowest BCUT2D eigenvalue weighted by Gasteiger charge is -2.56. The van der Waals surface area contributed by atoms with Crippen molar-refractivity contribution in [1.82, 2.24) is 15.8 Å². The van der Waals surface area contributed by atoms with Gasteiger partial charge in [0, 0.05) is 12.1 Å². The van der Waals surface area contributed by atoms with Crippen LogP contribution in [-0.2, 0) is 16.0 Å². The molecule has 5 rings (SSSR count). The van der Waals surface area contributed by atoms with Crippen LogP contribution in [0.1, 0.15) is 84.0 Å². The van der Waals surface area contributed by atoms with E-state index in [0.717, 1.165) is 37.0 Å². The predicted molar refractivity (Wildman–Crippen MR) is 107 cm³/mol. The second-order valence-corrected chi connectivity index (χ2v) is 9.42. The number of carbonyl (C=O) groups is 3. The molecule has 2 amide bonds. The van der Waals surface area contributed by atoms with Crippen molar-refractivity contribution in [3.8, 4) is 0 Å². The molecule has 3 N–H and O–H groups in total. The molecule has 4 bridgehead atoms. The van der Waals surface area contributed by atoms with Crippen LogP contribution in [0.3, 0.4) is 0 Å². The Balaban J connectivity index is 1.38. The zero-order valence-electron chi connectivity index (χ0n) is 17.5. The van der Waals surface area contributed by atoms with Gasteiger partial charge < -0.3 is 9.72 Å². The van der Waals surface area contributed by atoms with E-state index in [0.29, 0.717) is 29.7 Å². The van der Waals surface area contributed by atoms with Gasteiger partial charge in [0.25, 0.3) is 5.91 Å². The zero-order chi connectivity index (χ0) is 20.8. The molecule has 0 atom stereocenters. The van der Waals surface area contributed by atoms with Crippen molar-refractivity contribution in [3.63, 3.8) is 0 Å². The number of hydrogen-bond acceptors (Lipinski definition) is 4. The lowest BCUT2D eigenvalue weighted by Crippen LogP contribution is -2.50. The number of methoxy groups -OCH3 is 1. The summed E-state index contributed by atoms with van der Waals surface area (Å²) in [4.78, 5) is 40.3. The number of ether oxygens (including phenoxy) is 1. The molecule has 0 unspecified atom stereocenters. The van der Waals surface area contributed by atoms with Crippen LogP contribution < -0.4 is 10.9 Å². The van der Waals surface area contributed by atoms with Gasteiger partial charge in [0.1, 0.15) is 5.69 Å². The summed E-state index contributed by atoms with van der Waals surface area (Å²) in [5.41, 5.74) is 7.09. The van der Waals surface area contributed by atoms with E-state index in [1.54, 1.807) is 6.92 Å². The predicted octanol–water partition coefficient (Wildman–Crippen LogP) is 3.04. The number of aromatic amines is 1. The van der Waals surface area contributed by atoms with Gasteiger partial charge in [0.05, 0.1) is 12.7 Å². The Morgan fingerprint density at radius 2 is 1.66 bits per heavy atom. The van der Waals surface area contributed by atoms with Crippen LogP contribution in [0.25, 0.3) is 0 Å². The molecule has 0 aliphatic heterocycles. The van der Waals surface area contributed by atoms with Crippen LogP contribution in [0, 0.1) is 30.1 Å². The topological polar surface area (TPSA) is 100 Å². The SMILES string of the molecule is CCc1[nH]c(C(=O)NNC(=O)CC23CC4CC(CC(C4)C2)C3)c(C)c1C(=O)OC. The molecule has 7 heteroatoms. The number of H-pyrrole nitrogens is 1. The van der Waals surface area contributed by atoms with E-state index in [2.05, 4.69) is 15.8 Å². The van der Waals surface area contributed by atoms with E-state index in [1.807, 2.05) is 6.92 Å². The summed E-state index contributed by atoms with van der Waals surface area (Å²) in [6.07, 6.45) is 8.52. The third kappa shape index (κ3) is 3.67. The van der Waals surface area contributed by atoms with Crippen LogP contribution in [0.2, 0.25) is 0 Å². The minimum absolute atomic E-state index is 0.124. The van der Waals surface area contributed by atoms with Crippen molar-refractivity contribution in [2.24, 2.45) is 23.2 Å². The first-order valence-electron chi connectivity index (χ1n) is 10.7. The average Bonchev–Trinajstić information content (AvgIpc) is 3.00. The number of nitrogens with one attached hydrogen (secondary N) is 3. The average molecular weight is 402 g/mol. The van der Waals surface area contributed by atoms with Gasteiger partial charge in [-0.1, -0.05) is 6.92 Å². The van der Waals surface area contributed by atoms with E-state index < -0.39 is 11.9 Å². The maximum atomic E-state index is 12.6. The minimum Gasteiger partial charge on any atom is -0.465 e. The fourth-order valence-electron chi connectivity index (χ4n) is 6.61. The first-order chi connectivity index (χ1) is 13.8. The summed E-state index contributed by atoms with van der Waals surface area (Å²) < 4.78 is 4.82. The summed E-state index contributed by atoms with van der Waals surface area (Å²) in [7, 11) is 1.32. The lowest BCUT2D eigenvalue weighted by atomic mass is 9.49. The largest absolute Gasteiger partial charge is 0.465 e. The number of esters is 1. The van der Waals surface area contributed by atoms with Gasteiger partial charge in [-0.2, -0.15) is 0 Å². The molecule has 4 fully saturated rings. The molecule has 4 saturated carbocycles. The smallest absolute Gasteiger partial charge is 0.339 e. The summed E-state index contributed by atoms with van der Waals surface area (Å²) in [6, 6.07) is 0. The molecular weight excluding hydrogens is 370 g/mol. The summed E-state index contributed by atoms with van der Waals surface area (Å²) in [5.74, 6) is 1.30. The molecule has 4 aliphatic carbocycles. The molecule has 0 radical (unpaired) electrons. The second kappa shape index (κ2) is 7.50. The van der Waals surface area contributed by atoms with Crippen molar-refractivity contribution in [1.29, 1.82) is 0 Å². The Morgan fingerprint density at radius 3 is 2.17 bits per heavy atom. The Kier molecular flexibility index (Phi) is 5.17. The van der Waals surface area contributed by atoms with E-state index in [9.17, 15) is 14.4 Å². The van der Waals surface area contributed by atoms with Gasteiger partial charge in [-0.05, 0) is 80.6 Å². The quantitative estimate of drug-likeness (QED) is 0.521. The van der Waals surface area contributed by atoms with Gasteiger partial charge in [-0.25, -0.2) is 4.79 Å². The zero-order valence-corrected chi connectivity index (χ0v) is 17.5. The summed E-state index contributed by atoms with van der Waals surface area (Å²) in [6.45, 7) is 3.60. The van der Waals surface area contributed by atoms with Crippen molar-refractivity contribution >= 4 is 17.8 Å². The summed E-state index contributed by atoms with van der Waals surface area (Å²) in [5, 5.41) is 0. The third-order valence-electron chi connectivity index (χ3n) is 7.31. The molecular formula is C22H31N3O4. The number of amides is 2.